The molecule has 2 atom stereocenters. The Morgan fingerprint density at radius 3 is 2.57 bits per heavy atom. The molecule has 1 amide bonds. The van der Waals surface area contributed by atoms with E-state index in [0.717, 1.165) is 6.07 Å². The molecule has 0 saturated heterocycles. The third-order valence-corrected chi connectivity index (χ3v) is 3.20. The highest BCUT2D eigenvalue weighted by atomic mass is 35.5. The highest BCUT2D eigenvalue weighted by molar-refractivity contribution is 6.30. The van der Waals surface area contributed by atoms with E-state index in [2.05, 4.69) is 15.6 Å². The van der Waals surface area contributed by atoms with Crippen molar-refractivity contribution >= 4 is 23.5 Å². The summed E-state index contributed by atoms with van der Waals surface area (Å²) in [4.78, 5) is 15.5. The number of hydrogen-bond donors (Lipinski definition) is 2. The number of halogens is 2. The lowest BCUT2D eigenvalue weighted by Gasteiger charge is -2.26. The fourth-order valence-corrected chi connectivity index (χ4v) is 1.79. The number of hydrogen-bond acceptors (Lipinski definition) is 5. The molecule has 6 nitrogen and oxygen atoms in total. The SMILES string of the molecule is C[C@H](Nc1nc(Cl)c(C#N)cc1F)[C@@H](C)NC(=O)OC(C)(C)C. The number of alkyl carbamates (subject to hydrolysis) is 1. The number of amides is 1. The summed E-state index contributed by atoms with van der Waals surface area (Å²) in [5.74, 6) is -0.776. The standard InChI is InChI=1S/C15H20ClFN4O2/c1-8(9(2)20-14(22)23-15(3,4)5)19-13-11(17)6-10(7-18)12(16)21-13/h6,8-9H,1-5H3,(H,19,21)(H,20,22)/t8-,9+/m0/s1. The van der Waals surface area contributed by atoms with Gasteiger partial charge in [0.15, 0.2) is 11.6 Å². The van der Waals surface area contributed by atoms with Crippen LogP contribution < -0.4 is 10.6 Å². The summed E-state index contributed by atoms with van der Waals surface area (Å²) in [7, 11) is 0. The Bertz CT molecular complexity index is 625. The molecular weight excluding hydrogens is 323 g/mol. The molecule has 1 aromatic heterocycles. The van der Waals surface area contributed by atoms with Crippen molar-refractivity contribution in [3.05, 3.63) is 22.6 Å². The van der Waals surface area contributed by atoms with Gasteiger partial charge in [0.2, 0.25) is 0 Å². The van der Waals surface area contributed by atoms with Crippen molar-refractivity contribution in [2.24, 2.45) is 0 Å². The number of rotatable bonds is 4. The zero-order chi connectivity index (χ0) is 17.8. The third-order valence-electron chi connectivity index (χ3n) is 2.91. The van der Waals surface area contributed by atoms with Gasteiger partial charge in [-0.2, -0.15) is 5.26 Å². The molecule has 0 fully saturated rings. The van der Waals surface area contributed by atoms with E-state index in [9.17, 15) is 9.18 Å². The maximum absolute atomic E-state index is 13.9. The molecule has 0 unspecified atom stereocenters. The quantitative estimate of drug-likeness (QED) is 0.818. The zero-order valence-corrected chi connectivity index (χ0v) is 14.5. The largest absolute Gasteiger partial charge is 0.444 e. The van der Waals surface area contributed by atoms with Crippen molar-refractivity contribution < 1.29 is 13.9 Å². The van der Waals surface area contributed by atoms with Gasteiger partial charge < -0.3 is 15.4 Å². The minimum atomic E-state index is -0.692. The van der Waals surface area contributed by atoms with Crippen molar-refractivity contribution in [3.8, 4) is 6.07 Å². The molecule has 0 radical (unpaired) electrons. The maximum Gasteiger partial charge on any atom is 0.407 e. The highest BCUT2D eigenvalue weighted by Crippen LogP contribution is 2.20. The number of nitriles is 1. The second-order valence-corrected chi connectivity index (χ2v) is 6.49. The molecule has 1 aromatic rings. The van der Waals surface area contributed by atoms with Gasteiger partial charge in [-0.1, -0.05) is 11.6 Å². The molecule has 0 bridgehead atoms. The molecule has 0 saturated carbocycles. The summed E-state index contributed by atoms with van der Waals surface area (Å²) in [6, 6.07) is 2.05. The van der Waals surface area contributed by atoms with Crippen molar-refractivity contribution in [3.63, 3.8) is 0 Å². The molecule has 0 aliphatic heterocycles. The Hall–Kier alpha value is -2.07. The lowest BCUT2D eigenvalue weighted by molar-refractivity contribution is 0.0504. The number of carbonyl (C=O) groups excluding carboxylic acids is 1. The van der Waals surface area contributed by atoms with Crippen molar-refractivity contribution in [1.82, 2.24) is 10.3 Å². The van der Waals surface area contributed by atoms with Crippen LogP contribution in [0, 0.1) is 17.1 Å². The summed E-state index contributed by atoms with van der Waals surface area (Å²) in [6.45, 7) is 8.77. The maximum atomic E-state index is 13.9. The van der Waals surface area contributed by atoms with Crippen LogP contribution in [0.2, 0.25) is 5.15 Å². The van der Waals surface area contributed by atoms with Crippen LogP contribution in [-0.2, 0) is 4.74 Å². The van der Waals surface area contributed by atoms with Gasteiger partial charge in [0.05, 0.1) is 5.56 Å². The first kappa shape index (κ1) is 19.0. The molecule has 0 spiro atoms. The fraction of sp³-hybridized carbons (Fsp3) is 0.533. The Morgan fingerprint density at radius 2 is 2.04 bits per heavy atom. The monoisotopic (exact) mass is 342 g/mol. The summed E-state index contributed by atoms with van der Waals surface area (Å²) in [6.07, 6.45) is -0.565. The summed E-state index contributed by atoms with van der Waals surface area (Å²) in [5.41, 5.74) is -0.642. The van der Waals surface area contributed by atoms with Crippen molar-refractivity contribution in [2.45, 2.75) is 52.3 Å². The van der Waals surface area contributed by atoms with E-state index in [1.54, 1.807) is 40.7 Å². The van der Waals surface area contributed by atoms with Crippen LogP contribution in [0.3, 0.4) is 0 Å². The van der Waals surface area contributed by atoms with Crippen molar-refractivity contribution in [1.29, 1.82) is 5.26 Å². The van der Waals surface area contributed by atoms with Gasteiger partial charge in [-0.15, -0.1) is 0 Å². The van der Waals surface area contributed by atoms with Crippen LogP contribution >= 0.6 is 11.6 Å². The fourth-order valence-electron chi connectivity index (χ4n) is 1.61. The second-order valence-electron chi connectivity index (χ2n) is 6.14. The number of carbonyl (C=O) groups is 1. The first-order valence-electron chi connectivity index (χ1n) is 7.05. The van der Waals surface area contributed by atoms with E-state index in [1.165, 1.54) is 0 Å². The van der Waals surface area contributed by atoms with Crippen LogP contribution in [-0.4, -0.2) is 28.8 Å². The zero-order valence-electron chi connectivity index (χ0n) is 13.7. The molecule has 0 aliphatic carbocycles. The third kappa shape index (κ3) is 5.91. The lowest BCUT2D eigenvalue weighted by atomic mass is 10.1. The van der Waals surface area contributed by atoms with E-state index in [1.807, 2.05) is 0 Å². The van der Waals surface area contributed by atoms with Crippen LogP contribution in [0.4, 0.5) is 15.0 Å². The van der Waals surface area contributed by atoms with E-state index in [4.69, 9.17) is 21.6 Å². The average Bonchev–Trinajstić information content (AvgIpc) is 2.39. The van der Waals surface area contributed by atoms with Crippen molar-refractivity contribution in [2.75, 3.05) is 5.32 Å². The number of anilines is 1. The van der Waals surface area contributed by atoms with Gasteiger partial charge in [-0.3, -0.25) is 0 Å². The van der Waals surface area contributed by atoms with E-state index in [0.29, 0.717) is 0 Å². The van der Waals surface area contributed by atoms with Crippen LogP contribution in [0.15, 0.2) is 6.07 Å². The first-order valence-corrected chi connectivity index (χ1v) is 7.43. The normalized spacial score (nSPS) is 13.7. The van der Waals surface area contributed by atoms with Gasteiger partial charge in [0, 0.05) is 12.1 Å². The molecular formula is C15H20ClFN4O2. The molecule has 1 rings (SSSR count). The van der Waals surface area contributed by atoms with Gasteiger partial charge in [0.25, 0.3) is 0 Å². The minimum absolute atomic E-state index is 0.0395. The van der Waals surface area contributed by atoms with E-state index >= 15 is 0 Å². The minimum Gasteiger partial charge on any atom is -0.444 e. The Morgan fingerprint density at radius 1 is 1.43 bits per heavy atom. The summed E-state index contributed by atoms with van der Waals surface area (Å²) >= 11 is 5.79. The number of aromatic nitrogens is 1. The predicted octanol–water partition coefficient (Wildman–Crippen LogP) is 3.46. The van der Waals surface area contributed by atoms with Gasteiger partial charge in [0.1, 0.15) is 16.8 Å². The van der Waals surface area contributed by atoms with Crippen LogP contribution in [0.5, 0.6) is 0 Å². The topological polar surface area (TPSA) is 87.0 Å². The highest BCUT2D eigenvalue weighted by Gasteiger charge is 2.21. The summed E-state index contributed by atoms with van der Waals surface area (Å²) in [5, 5.41) is 14.2. The Labute approximate surface area is 140 Å². The molecule has 0 aromatic carbocycles. The molecule has 2 N–H and O–H groups in total. The molecule has 8 heteroatoms. The first-order chi connectivity index (χ1) is 10.5. The number of nitrogens with one attached hydrogen (secondary N) is 2. The molecule has 126 valence electrons. The van der Waals surface area contributed by atoms with Gasteiger partial charge in [-0.05, 0) is 40.7 Å². The van der Waals surface area contributed by atoms with E-state index in [-0.39, 0.29) is 28.6 Å². The van der Waals surface area contributed by atoms with E-state index < -0.39 is 17.5 Å². The van der Waals surface area contributed by atoms with Crippen LogP contribution in [0.1, 0.15) is 40.2 Å². The number of nitrogens with zero attached hydrogens (tertiary/aromatic N) is 2. The number of pyridine rings is 1. The molecule has 0 aliphatic rings. The molecule has 23 heavy (non-hydrogen) atoms. The van der Waals surface area contributed by atoms with Crippen LogP contribution in [0.25, 0.3) is 0 Å². The Kier molecular flexibility index (Phi) is 6.16. The average molecular weight is 343 g/mol. The smallest absolute Gasteiger partial charge is 0.407 e. The Balaban J connectivity index is 2.72. The number of ether oxygens (including phenoxy) is 1. The summed E-state index contributed by atoms with van der Waals surface area (Å²) < 4.78 is 19.0. The molecule has 1 heterocycles. The van der Waals surface area contributed by atoms with Gasteiger partial charge >= 0.3 is 6.09 Å². The predicted molar refractivity (Wildman–Crippen MR) is 85.8 cm³/mol. The lowest BCUT2D eigenvalue weighted by Crippen LogP contribution is -2.45. The second kappa shape index (κ2) is 7.47. The van der Waals surface area contributed by atoms with Gasteiger partial charge in [-0.25, -0.2) is 14.2 Å².